The van der Waals surface area contributed by atoms with Crippen molar-refractivity contribution < 1.29 is 27.5 Å². The van der Waals surface area contributed by atoms with Gasteiger partial charge in [-0.1, -0.05) is 24.6 Å². The number of anilines is 1. The Kier molecular flexibility index (Phi) is 6.66. The van der Waals surface area contributed by atoms with Gasteiger partial charge in [0, 0.05) is 35.9 Å². The number of fused-ring (bicyclic) bond motifs is 1. The van der Waals surface area contributed by atoms with E-state index in [1.54, 1.807) is 12.1 Å². The summed E-state index contributed by atoms with van der Waals surface area (Å²) in [5.41, 5.74) is 1.38. The molecule has 1 amide bonds. The topological polar surface area (TPSA) is 118 Å². The van der Waals surface area contributed by atoms with Crippen LogP contribution in [-0.2, 0) is 19.6 Å². The second-order valence-electron chi connectivity index (χ2n) is 7.70. The van der Waals surface area contributed by atoms with Crippen molar-refractivity contribution in [3.63, 3.8) is 0 Å². The molecule has 4 rings (SSSR count). The van der Waals surface area contributed by atoms with Gasteiger partial charge in [0.05, 0.1) is 12.7 Å². The van der Waals surface area contributed by atoms with Crippen molar-refractivity contribution in [3.05, 3.63) is 54.2 Å². The third kappa shape index (κ3) is 4.86. The van der Waals surface area contributed by atoms with E-state index in [9.17, 15) is 18.0 Å². The Bertz CT molecular complexity index is 1280. The fourth-order valence-electron chi connectivity index (χ4n) is 3.85. The number of carbonyl (C=O) groups is 2. The van der Waals surface area contributed by atoms with Crippen molar-refractivity contribution in [3.8, 4) is 5.75 Å². The van der Waals surface area contributed by atoms with E-state index in [1.165, 1.54) is 35.8 Å². The summed E-state index contributed by atoms with van der Waals surface area (Å²) in [6.07, 6.45) is 4.14. The van der Waals surface area contributed by atoms with Crippen molar-refractivity contribution in [2.24, 2.45) is 0 Å². The fourth-order valence-corrected chi connectivity index (χ4v) is 5.55. The molecule has 2 aromatic carbocycles. The zero-order valence-corrected chi connectivity index (χ0v) is 19.0. The van der Waals surface area contributed by atoms with Crippen LogP contribution in [0, 0.1) is 0 Å². The second kappa shape index (κ2) is 9.63. The van der Waals surface area contributed by atoms with Crippen LogP contribution in [-0.4, -0.2) is 56.4 Å². The molecule has 0 bridgehead atoms. The Morgan fingerprint density at radius 2 is 1.85 bits per heavy atom. The molecule has 1 saturated heterocycles. The number of methoxy groups -OCH3 is 1. The minimum Gasteiger partial charge on any atom is -0.495 e. The minimum atomic E-state index is -3.77. The summed E-state index contributed by atoms with van der Waals surface area (Å²) in [7, 11) is -2.38. The van der Waals surface area contributed by atoms with Gasteiger partial charge >= 0.3 is 5.97 Å². The zero-order valence-electron chi connectivity index (χ0n) is 18.2. The number of sulfonamides is 1. The smallest absolute Gasteiger partial charge is 0.340 e. The maximum absolute atomic E-state index is 13.1. The number of nitrogens with zero attached hydrogens (tertiary/aromatic N) is 1. The predicted octanol–water partition coefficient (Wildman–Crippen LogP) is 3.15. The maximum atomic E-state index is 13.1. The average molecular weight is 472 g/mol. The predicted molar refractivity (Wildman–Crippen MR) is 123 cm³/mol. The number of carbonyl (C=O) groups excluding carboxylic acids is 2. The third-order valence-corrected chi connectivity index (χ3v) is 7.44. The number of para-hydroxylation sites is 1. The average Bonchev–Trinajstić information content (AvgIpc) is 3.27. The SMILES string of the molecule is COc1ccc(NC(=O)COC(=O)c2c[nH]c3ccccc23)cc1S(=O)(=O)N1CCCCC1. The van der Waals surface area contributed by atoms with E-state index in [2.05, 4.69) is 10.3 Å². The molecule has 2 N–H and O–H groups in total. The summed E-state index contributed by atoms with van der Waals surface area (Å²) in [6, 6.07) is 11.6. The van der Waals surface area contributed by atoms with Gasteiger partial charge in [-0.2, -0.15) is 4.31 Å². The van der Waals surface area contributed by atoms with E-state index in [1.807, 2.05) is 12.1 Å². The lowest BCUT2D eigenvalue weighted by atomic mass is 10.2. The molecule has 9 nitrogen and oxygen atoms in total. The molecule has 0 unspecified atom stereocenters. The van der Waals surface area contributed by atoms with Crippen LogP contribution in [0.5, 0.6) is 5.75 Å². The van der Waals surface area contributed by atoms with E-state index in [4.69, 9.17) is 9.47 Å². The molecular formula is C23H25N3O6S. The number of benzene rings is 2. The number of hydrogen-bond donors (Lipinski definition) is 2. The lowest BCUT2D eigenvalue weighted by molar-refractivity contribution is -0.119. The number of H-pyrrole nitrogens is 1. The largest absolute Gasteiger partial charge is 0.495 e. The quantitative estimate of drug-likeness (QED) is 0.511. The molecular weight excluding hydrogens is 446 g/mol. The second-order valence-corrected chi connectivity index (χ2v) is 9.61. The van der Waals surface area contributed by atoms with Crippen LogP contribution in [0.15, 0.2) is 53.6 Å². The van der Waals surface area contributed by atoms with Gasteiger partial charge in [0.15, 0.2) is 6.61 Å². The molecule has 1 aliphatic heterocycles. The number of hydrogen-bond acceptors (Lipinski definition) is 6. The first-order valence-electron chi connectivity index (χ1n) is 10.6. The summed E-state index contributed by atoms with van der Waals surface area (Å²) in [6.45, 7) is 0.385. The third-order valence-electron chi connectivity index (χ3n) is 5.52. The van der Waals surface area contributed by atoms with Crippen LogP contribution in [0.1, 0.15) is 29.6 Å². The Hall–Kier alpha value is -3.37. The van der Waals surface area contributed by atoms with Crippen molar-refractivity contribution in [1.29, 1.82) is 0 Å². The Morgan fingerprint density at radius 3 is 2.61 bits per heavy atom. The van der Waals surface area contributed by atoms with Crippen LogP contribution in [0.4, 0.5) is 5.69 Å². The molecule has 0 saturated carbocycles. The van der Waals surface area contributed by atoms with Gasteiger partial charge in [0.25, 0.3) is 5.91 Å². The number of aromatic amines is 1. The van der Waals surface area contributed by atoms with E-state index in [-0.39, 0.29) is 16.3 Å². The lowest BCUT2D eigenvalue weighted by Gasteiger charge is -2.26. The number of aromatic nitrogens is 1. The minimum absolute atomic E-state index is 0.0134. The van der Waals surface area contributed by atoms with Crippen molar-refractivity contribution in [2.45, 2.75) is 24.2 Å². The summed E-state index contributed by atoms with van der Waals surface area (Å²) < 4.78 is 38.1. The monoisotopic (exact) mass is 471 g/mol. The molecule has 1 fully saturated rings. The highest BCUT2D eigenvalue weighted by Crippen LogP contribution is 2.31. The van der Waals surface area contributed by atoms with Crippen molar-refractivity contribution >= 4 is 38.5 Å². The normalized spacial score (nSPS) is 14.7. The van der Waals surface area contributed by atoms with Crippen LogP contribution in [0.25, 0.3) is 10.9 Å². The first kappa shape index (κ1) is 22.8. The molecule has 0 spiro atoms. The van der Waals surface area contributed by atoms with Crippen LogP contribution >= 0.6 is 0 Å². The number of esters is 1. The summed E-state index contributed by atoms with van der Waals surface area (Å²) in [5, 5.41) is 3.28. The van der Waals surface area contributed by atoms with E-state index >= 15 is 0 Å². The summed E-state index contributed by atoms with van der Waals surface area (Å²) in [5.74, 6) is -1.02. The van der Waals surface area contributed by atoms with Gasteiger partial charge in [0.1, 0.15) is 10.6 Å². The summed E-state index contributed by atoms with van der Waals surface area (Å²) >= 11 is 0. The molecule has 2 heterocycles. The zero-order chi connectivity index (χ0) is 23.4. The van der Waals surface area contributed by atoms with E-state index in [0.29, 0.717) is 24.0 Å². The van der Waals surface area contributed by atoms with Crippen molar-refractivity contribution in [2.75, 3.05) is 32.1 Å². The number of ether oxygens (including phenoxy) is 2. The molecule has 0 radical (unpaired) electrons. The number of piperidine rings is 1. The molecule has 174 valence electrons. The van der Waals surface area contributed by atoms with Gasteiger partial charge < -0.3 is 19.8 Å². The molecule has 0 aliphatic carbocycles. The molecule has 1 aromatic heterocycles. The highest BCUT2D eigenvalue weighted by Gasteiger charge is 2.29. The number of amides is 1. The fraction of sp³-hybridized carbons (Fsp3) is 0.304. The van der Waals surface area contributed by atoms with Gasteiger partial charge in [-0.25, -0.2) is 13.2 Å². The van der Waals surface area contributed by atoms with E-state index < -0.39 is 28.5 Å². The van der Waals surface area contributed by atoms with Gasteiger partial charge in [-0.15, -0.1) is 0 Å². The molecule has 10 heteroatoms. The van der Waals surface area contributed by atoms with Gasteiger partial charge in [0.2, 0.25) is 10.0 Å². The number of rotatable bonds is 7. The Balaban J connectivity index is 1.44. The Morgan fingerprint density at radius 1 is 1.09 bits per heavy atom. The first-order chi connectivity index (χ1) is 15.9. The molecule has 0 atom stereocenters. The molecule has 33 heavy (non-hydrogen) atoms. The lowest BCUT2D eigenvalue weighted by Crippen LogP contribution is -2.35. The van der Waals surface area contributed by atoms with Crippen LogP contribution < -0.4 is 10.1 Å². The van der Waals surface area contributed by atoms with Crippen LogP contribution in [0.3, 0.4) is 0 Å². The number of nitrogens with one attached hydrogen (secondary N) is 2. The Labute approximate surface area is 191 Å². The van der Waals surface area contributed by atoms with Gasteiger partial charge in [-0.3, -0.25) is 4.79 Å². The van der Waals surface area contributed by atoms with Crippen LogP contribution in [0.2, 0.25) is 0 Å². The summed E-state index contributed by atoms with van der Waals surface area (Å²) in [4.78, 5) is 27.7. The maximum Gasteiger partial charge on any atom is 0.340 e. The van der Waals surface area contributed by atoms with Crippen molar-refractivity contribution in [1.82, 2.24) is 9.29 Å². The highest BCUT2D eigenvalue weighted by molar-refractivity contribution is 7.89. The van der Waals surface area contributed by atoms with E-state index in [0.717, 1.165) is 24.8 Å². The highest BCUT2D eigenvalue weighted by atomic mass is 32.2. The first-order valence-corrected chi connectivity index (χ1v) is 12.1. The van der Waals surface area contributed by atoms with Gasteiger partial charge in [-0.05, 0) is 37.1 Å². The standard InChI is InChI=1S/C23H25N3O6S/c1-31-20-10-9-16(13-21(20)33(29,30)26-11-5-2-6-12-26)25-22(27)15-32-23(28)18-14-24-19-8-4-3-7-17(18)19/h3-4,7-10,13-14,24H,2,5-6,11-12,15H2,1H3,(H,25,27). The molecule has 1 aliphatic rings. The molecule has 3 aromatic rings.